The molecule has 19 heavy (non-hydrogen) atoms. The maximum absolute atomic E-state index is 12.1. The van der Waals surface area contributed by atoms with Crippen LogP contribution in [0.25, 0.3) is 0 Å². The van der Waals surface area contributed by atoms with Gasteiger partial charge in [-0.15, -0.1) is 0 Å². The third-order valence-corrected chi connectivity index (χ3v) is 3.08. The molecule has 0 saturated carbocycles. The maximum atomic E-state index is 12.1. The highest BCUT2D eigenvalue weighted by Gasteiger charge is 2.25. The van der Waals surface area contributed by atoms with Crippen molar-refractivity contribution < 1.29 is 14.3 Å². The fourth-order valence-corrected chi connectivity index (χ4v) is 1.80. The molecule has 0 radical (unpaired) electrons. The van der Waals surface area contributed by atoms with Crippen molar-refractivity contribution in [2.75, 3.05) is 20.7 Å². The van der Waals surface area contributed by atoms with Crippen LogP contribution in [-0.4, -0.2) is 37.5 Å². The second kappa shape index (κ2) is 6.89. The van der Waals surface area contributed by atoms with Gasteiger partial charge in [-0.2, -0.15) is 0 Å². The van der Waals surface area contributed by atoms with E-state index < -0.39 is 17.9 Å². The maximum Gasteiger partial charge on any atom is 0.325 e. The van der Waals surface area contributed by atoms with Crippen LogP contribution >= 0.6 is 0 Å². The molecule has 1 amide bonds. The summed E-state index contributed by atoms with van der Waals surface area (Å²) >= 11 is 0. The monoisotopic (exact) mass is 264 g/mol. The van der Waals surface area contributed by atoms with Crippen LogP contribution in [-0.2, 0) is 14.3 Å². The number of rotatable bonds is 5. The molecule has 1 aromatic carbocycles. The molecule has 5 heteroatoms. The topological polar surface area (TPSA) is 72.6 Å². The molecule has 2 atom stereocenters. The van der Waals surface area contributed by atoms with E-state index in [0.29, 0.717) is 0 Å². The van der Waals surface area contributed by atoms with Crippen molar-refractivity contribution in [1.82, 2.24) is 4.90 Å². The molecule has 104 valence electrons. The number of nitrogens with zero attached hydrogens (tertiary/aromatic N) is 1. The van der Waals surface area contributed by atoms with Crippen molar-refractivity contribution in [3.63, 3.8) is 0 Å². The largest absolute Gasteiger partial charge is 0.468 e. The molecule has 5 nitrogen and oxygen atoms in total. The first kappa shape index (κ1) is 15.2. The van der Waals surface area contributed by atoms with Crippen LogP contribution in [0.4, 0.5) is 0 Å². The van der Waals surface area contributed by atoms with Crippen molar-refractivity contribution in [2.45, 2.75) is 13.0 Å². The Labute approximate surface area is 113 Å². The zero-order valence-corrected chi connectivity index (χ0v) is 11.5. The Morgan fingerprint density at radius 1 is 1.32 bits per heavy atom. The number of benzene rings is 1. The number of carbonyl (C=O) groups excluding carboxylic acids is 2. The van der Waals surface area contributed by atoms with Gasteiger partial charge in [-0.25, -0.2) is 0 Å². The average Bonchev–Trinajstić information content (AvgIpc) is 2.45. The van der Waals surface area contributed by atoms with E-state index >= 15 is 0 Å². The second-order valence-electron chi connectivity index (χ2n) is 4.50. The lowest BCUT2D eigenvalue weighted by Gasteiger charge is -2.24. The van der Waals surface area contributed by atoms with Crippen LogP contribution in [0.5, 0.6) is 0 Å². The minimum Gasteiger partial charge on any atom is -0.468 e. The highest BCUT2D eigenvalue weighted by Crippen LogP contribution is 2.20. The lowest BCUT2D eigenvalue weighted by Crippen LogP contribution is -2.39. The van der Waals surface area contributed by atoms with Gasteiger partial charge in [-0.1, -0.05) is 37.3 Å². The van der Waals surface area contributed by atoms with Crippen molar-refractivity contribution in [3.05, 3.63) is 35.9 Å². The van der Waals surface area contributed by atoms with Gasteiger partial charge < -0.3 is 15.4 Å². The summed E-state index contributed by atoms with van der Waals surface area (Å²) in [6, 6.07) is 9.03. The fraction of sp³-hybridized carbons (Fsp3) is 0.429. The van der Waals surface area contributed by atoms with Crippen LogP contribution in [0.1, 0.15) is 18.5 Å². The molecule has 0 aliphatic carbocycles. The number of nitrogens with two attached hydrogens (primary N) is 1. The summed E-state index contributed by atoms with van der Waals surface area (Å²) in [5.41, 5.74) is 6.97. The van der Waals surface area contributed by atoms with Gasteiger partial charge in [0.15, 0.2) is 0 Å². The Balaban J connectivity index is 2.69. The number of esters is 1. The molecule has 1 rings (SSSR count). The summed E-state index contributed by atoms with van der Waals surface area (Å²) in [6.45, 7) is 1.69. The summed E-state index contributed by atoms with van der Waals surface area (Å²) in [4.78, 5) is 24.6. The van der Waals surface area contributed by atoms with E-state index in [1.807, 2.05) is 30.3 Å². The zero-order valence-electron chi connectivity index (χ0n) is 11.5. The molecular weight excluding hydrogens is 244 g/mol. The molecule has 0 heterocycles. The van der Waals surface area contributed by atoms with Crippen LogP contribution in [0.2, 0.25) is 0 Å². The third-order valence-electron chi connectivity index (χ3n) is 3.08. The standard InChI is InChI=1S/C14H20N2O3/c1-10(13(15)11-7-5-4-6-8-11)14(18)16(2)9-12(17)19-3/h4-8,10,13H,9,15H2,1-3H3. The van der Waals surface area contributed by atoms with E-state index in [4.69, 9.17) is 5.73 Å². The van der Waals surface area contributed by atoms with E-state index in [1.165, 1.54) is 12.0 Å². The fourth-order valence-electron chi connectivity index (χ4n) is 1.80. The van der Waals surface area contributed by atoms with Crippen molar-refractivity contribution in [2.24, 2.45) is 11.7 Å². The molecule has 1 aromatic rings. The lowest BCUT2D eigenvalue weighted by molar-refractivity contribution is -0.147. The smallest absolute Gasteiger partial charge is 0.325 e. The van der Waals surface area contributed by atoms with Gasteiger partial charge in [-0.3, -0.25) is 9.59 Å². The summed E-state index contributed by atoms with van der Waals surface area (Å²) < 4.78 is 4.53. The molecule has 0 bridgehead atoms. The van der Waals surface area contributed by atoms with Gasteiger partial charge in [-0.05, 0) is 5.56 Å². The van der Waals surface area contributed by atoms with Gasteiger partial charge in [0.2, 0.25) is 5.91 Å². The number of methoxy groups -OCH3 is 1. The first-order valence-corrected chi connectivity index (χ1v) is 6.09. The quantitative estimate of drug-likeness (QED) is 0.804. The number of hydrogen-bond acceptors (Lipinski definition) is 4. The van der Waals surface area contributed by atoms with E-state index in [1.54, 1.807) is 14.0 Å². The molecule has 0 aromatic heterocycles. The molecule has 0 aliphatic rings. The van der Waals surface area contributed by atoms with Crippen molar-refractivity contribution >= 4 is 11.9 Å². The third kappa shape index (κ3) is 4.06. The van der Waals surface area contributed by atoms with Gasteiger partial charge in [0.25, 0.3) is 0 Å². The van der Waals surface area contributed by atoms with Crippen molar-refractivity contribution in [1.29, 1.82) is 0 Å². The lowest BCUT2D eigenvalue weighted by atomic mass is 9.94. The predicted octanol–water partition coefficient (Wildman–Crippen LogP) is 0.954. The molecule has 2 unspecified atom stereocenters. The van der Waals surface area contributed by atoms with Gasteiger partial charge in [0.05, 0.1) is 13.0 Å². The Bertz CT molecular complexity index is 434. The summed E-state index contributed by atoms with van der Waals surface area (Å²) in [7, 11) is 2.85. The van der Waals surface area contributed by atoms with Gasteiger partial charge in [0.1, 0.15) is 6.54 Å². The van der Waals surface area contributed by atoms with Crippen LogP contribution in [0.3, 0.4) is 0 Å². The minimum absolute atomic E-state index is 0.0683. The Hall–Kier alpha value is -1.88. The number of likely N-dealkylation sites (N-methyl/N-ethyl adjacent to an activating group) is 1. The SMILES string of the molecule is COC(=O)CN(C)C(=O)C(C)C(N)c1ccccc1. The number of hydrogen-bond donors (Lipinski definition) is 1. The van der Waals surface area contributed by atoms with E-state index in [2.05, 4.69) is 4.74 Å². The number of ether oxygens (including phenoxy) is 1. The molecule has 2 N–H and O–H groups in total. The number of carbonyl (C=O) groups is 2. The number of amides is 1. The van der Waals surface area contributed by atoms with Gasteiger partial charge in [0, 0.05) is 13.1 Å². The van der Waals surface area contributed by atoms with E-state index in [9.17, 15) is 9.59 Å². The molecule has 0 fully saturated rings. The molecular formula is C14H20N2O3. The first-order chi connectivity index (χ1) is 8.97. The van der Waals surface area contributed by atoms with Crippen LogP contribution in [0, 0.1) is 5.92 Å². The zero-order chi connectivity index (χ0) is 14.4. The minimum atomic E-state index is -0.448. The van der Waals surface area contributed by atoms with E-state index in [-0.39, 0.29) is 12.5 Å². The van der Waals surface area contributed by atoms with Gasteiger partial charge >= 0.3 is 5.97 Å². The predicted molar refractivity (Wildman–Crippen MR) is 72.2 cm³/mol. The normalized spacial score (nSPS) is 13.5. The van der Waals surface area contributed by atoms with Crippen LogP contribution < -0.4 is 5.73 Å². The summed E-state index contributed by atoms with van der Waals surface area (Å²) in [6.07, 6.45) is 0. The highest BCUT2D eigenvalue weighted by molar-refractivity contribution is 5.83. The molecule has 0 saturated heterocycles. The Kier molecular flexibility index (Phi) is 5.51. The highest BCUT2D eigenvalue weighted by atomic mass is 16.5. The van der Waals surface area contributed by atoms with E-state index in [0.717, 1.165) is 5.56 Å². The Morgan fingerprint density at radius 3 is 2.42 bits per heavy atom. The molecule has 0 spiro atoms. The summed E-state index contributed by atoms with van der Waals surface area (Å²) in [5.74, 6) is -1.03. The first-order valence-electron chi connectivity index (χ1n) is 6.09. The van der Waals surface area contributed by atoms with Crippen molar-refractivity contribution in [3.8, 4) is 0 Å². The molecule has 0 aliphatic heterocycles. The van der Waals surface area contributed by atoms with Crippen LogP contribution in [0.15, 0.2) is 30.3 Å². The Morgan fingerprint density at radius 2 is 1.89 bits per heavy atom. The average molecular weight is 264 g/mol. The second-order valence-corrected chi connectivity index (χ2v) is 4.50. The summed E-state index contributed by atoms with van der Waals surface area (Å²) in [5, 5.41) is 0.